The minimum absolute atomic E-state index is 0.0729. The van der Waals surface area contributed by atoms with Crippen molar-refractivity contribution < 1.29 is 14.3 Å². The summed E-state index contributed by atoms with van der Waals surface area (Å²) < 4.78 is 12.5. The maximum Gasteiger partial charge on any atom is 0.272 e. The monoisotopic (exact) mass is 502 g/mol. The lowest BCUT2D eigenvalue weighted by Gasteiger charge is -2.36. The van der Waals surface area contributed by atoms with E-state index in [0.717, 1.165) is 28.4 Å². The van der Waals surface area contributed by atoms with E-state index >= 15 is 0 Å². The molecule has 0 saturated carbocycles. The molecule has 0 aliphatic carbocycles. The Labute approximate surface area is 215 Å². The summed E-state index contributed by atoms with van der Waals surface area (Å²) >= 11 is 6.46. The molecule has 36 heavy (non-hydrogen) atoms. The summed E-state index contributed by atoms with van der Waals surface area (Å²) in [6.07, 6.45) is 0. The van der Waals surface area contributed by atoms with Gasteiger partial charge in [-0.05, 0) is 48.5 Å². The number of piperazine rings is 1. The summed E-state index contributed by atoms with van der Waals surface area (Å²) in [6, 6.07) is 24.8. The molecule has 184 valence electrons. The van der Waals surface area contributed by atoms with Crippen LogP contribution in [0, 0.1) is 0 Å². The van der Waals surface area contributed by atoms with Crippen molar-refractivity contribution in [2.24, 2.45) is 0 Å². The van der Waals surface area contributed by atoms with E-state index in [1.54, 1.807) is 18.9 Å². The Bertz CT molecular complexity index is 1360. The van der Waals surface area contributed by atoms with Crippen molar-refractivity contribution >= 4 is 23.2 Å². The van der Waals surface area contributed by atoms with Crippen LogP contribution in [0.5, 0.6) is 11.5 Å². The maximum atomic E-state index is 13.8. The molecule has 0 spiro atoms. The van der Waals surface area contributed by atoms with Crippen molar-refractivity contribution in [3.8, 4) is 28.4 Å². The Morgan fingerprint density at radius 3 is 2.25 bits per heavy atom. The number of para-hydroxylation sites is 2. The summed E-state index contributed by atoms with van der Waals surface area (Å²) in [5.74, 6) is 1.49. The Morgan fingerprint density at radius 2 is 1.56 bits per heavy atom. The summed E-state index contributed by atoms with van der Waals surface area (Å²) in [5, 5.41) is 5.37. The van der Waals surface area contributed by atoms with E-state index in [1.165, 1.54) is 0 Å². The molecule has 0 atom stereocenters. The van der Waals surface area contributed by atoms with Crippen LogP contribution >= 0.6 is 11.6 Å². The van der Waals surface area contributed by atoms with Crippen LogP contribution in [0.2, 0.25) is 5.02 Å². The van der Waals surface area contributed by atoms with Crippen LogP contribution < -0.4 is 14.4 Å². The summed E-state index contributed by atoms with van der Waals surface area (Å²) in [7, 11) is 3.30. The molecular weight excluding hydrogens is 476 g/mol. The number of rotatable bonds is 6. The highest BCUT2D eigenvalue weighted by atomic mass is 35.5. The molecule has 1 saturated heterocycles. The highest BCUT2D eigenvalue weighted by molar-refractivity contribution is 6.33. The molecule has 5 rings (SSSR count). The van der Waals surface area contributed by atoms with Gasteiger partial charge in [-0.2, -0.15) is 5.10 Å². The number of aromatic nitrogens is 2. The van der Waals surface area contributed by atoms with Crippen LogP contribution in [0.15, 0.2) is 78.9 Å². The van der Waals surface area contributed by atoms with Crippen LogP contribution in [0.25, 0.3) is 16.9 Å². The standard InChI is InChI=1S/C28H27ClN4O3/c1-35-21-13-11-20(12-14-21)33-26(19-24(30-33)22-7-3-4-8-23(22)29)28(34)32-17-15-31(16-18-32)25-9-5-6-10-27(25)36-2/h3-14,19H,15-18H2,1-2H3. The van der Waals surface area contributed by atoms with Crippen LogP contribution in [-0.4, -0.2) is 61.0 Å². The summed E-state index contributed by atoms with van der Waals surface area (Å²) in [4.78, 5) is 17.9. The Morgan fingerprint density at radius 1 is 0.861 bits per heavy atom. The van der Waals surface area contributed by atoms with Gasteiger partial charge in [0.25, 0.3) is 5.91 Å². The van der Waals surface area contributed by atoms with E-state index in [2.05, 4.69) is 4.90 Å². The Hall–Kier alpha value is -3.97. The molecular formula is C28H27ClN4O3. The third-order valence-corrected chi connectivity index (χ3v) is 6.72. The largest absolute Gasteiger partial charge is 0.497 e. The van der Waals surface area contributed by atoms with Crippen LogP contribution in [0.1, 0.15) is 10.5 Å². The van der Waals surface area contributed by atoms with Crippen LogP contribution in [-0.2, 0) is 0 Å². The molecule has 0 N–H and O–H groups in total. The number of amides is 1. The molecule has 7 nitrogen and oxygen atoms in total. The van der Waals surface area contributed by atoms with Gasteiger partial charge < -0.3 is 19.3 Å². The molecule has 0 bridgehead atoms. The number of methoxy groups -OCH3 is 2. The third kappa shape index (κ3) is 4.62. The molecule has 1 aromatic heterocycles. The van der Waals surface area contributed by atoms with Crippen molar-refractivity contribution in [1.82, 2.24) is 14.7 Å². The minimum Gasteiger partial charge on any atom is -0.497 e. The van der Waals surface area contributed by atoms with Crippen molar-refractivity contribution in [3.63, 3.8) is 0 Å². The lowest BCUT2D eigenvalue weighted by Crippen LogP contribution is -2.49. The fraction of sp³-hybridized carbons (Fsp3) is 0.214. The average molecular weight is 503 g/mol. The van der Waals surface area contributed by atoms with Crippen molar-refractivity contribution in [1.29, 1.82) is 0 Å². The summed E-state index contributed by atoms with van der Waals surface area (Å²) in [6.45, 7) is 2.60. The van der Waals surface area contributed by atoms with Crippen molar-refractivity contribution in [2.45, 2.75) is 0 Å². The number of anilines is 1. The highest BCUT2D eigenvalue weighted by Gasteiger charge is 2.27. The predicted molar refractivity (Wildman–Crippen MR) is 142 cm³/mol. The quantitative estimate of drug-likeness (QED) is 0.364. The predicted octanol–water partition coefficient (Wildman–Crippen LogP) is 5.17. The van der Waals surface area contributed by atoms with E-state index in [1.807, 2.05) is 83.8 Å². The number of halogens is 1. The zero-order valence-electron chi connectivity index (χ0n) is 20.2. The second kappa shape index (κ2) is 10.3. The second-order valence-corrected chi connectivity index (χ2v) is 8.86. The molecule has 1 aliphatic heterocycles. The van der Waals surface area contributed by atoms with E-state index < -0.39 is 0 Å². The number of benzene rings is 3. The average Bonchev–Trinajstić information content (AvgIpc) is 3.38. The van der Waals surface area contributed by atoms with Gasteiger partial charge in [-0.3, -0.25) is 4.79 Å². The lowest BCUT2D eigenvalue weighted by molar-refractivity contribution is 0.0737. The molecule has 1 fully saturated rings. The van der Waals surface area contributed by atoms with Crippen molar-refractivity contribution in [3.05, 3.63) is 89.6 Å². The lowest BCUT2D eigenvalue weighted by atomic mass is 10.1. The number of carbonyl (C=O) groups excluding carboxylic acids is 1. The van der Waals surface area contributed by atoms with E-state index in [-0.39, 0.29) is 5.91 Å². The van der Waals surface area contributed by atoms with Gasteiger partial charge in [-0.25, -0.2) is 4.68 Å². The van der Waals surface area contributed by atoms with E-state index in [0.29, 0.717) is 42.6 Å². The zero-order chi connectivity index (χ0) is 25.1. The first-order valence-corrected chi connectivity index (χ1v) is 12.1. The normalized spacial score (nSPS) is 13.5. The molecule has 1 amide bonds. The first-order chi connectivity index (χ1) is 17.6. The van der Waals surface area contributed by atoms with Gasteiger partial charge >= 0.3 is 0 Å². The SMILES string of the molecule is COc1ccc(-n2nc(-c3ccccc3Cl)cc2C(=O)N2CCN(c3ccccc3OC)CC2)cc1. The van der Waals surface area contributed by atoms with E-state index in [4.69, 9.17) is 26.2 Å². The molecule has 4 aromatic rings. The molecule has 1 aliphatic rings. The number of hydrogen-bond acceptors (Lipinski definition) is 5. The third-order valence-electron chi connectivity index (χ3n) is 6.39. The summed E-state index contributed by atoms with van der Waals surface area (Å²) in [5.41, 5.74) is 3.72. The number of hydrogen-bond donors (Lipinski definition) is 0. The minimum atomic E-state index is -0.0729. The van der Waals surface area contributed by atoms with Gasteiger partial charge in [-0.15, -0.1) is 0 Å². The maximum absolute atomic E-state index is 13.8. The van der Waals surface area contributed by atoms with Gasteiger partial charge in [0.05, 0.1) is 36.3 Å². The Kier molecular flexibility index (Phi) is 6.82. The van der Waals surface area contributed by atoms with Gasteiger partial charge in [-0.1, -0.05) is 41.9 Å². The first-order valence-electron chi connectivity index (χ1n) is 11.8. The van der Waals surface area contributed by atoms with E-state index in [9.17, 15) is 4.79 Å². The molecule has 0 unspecified atom stereocenters. The van der Waals surface area contributed by atoms with Gasteiger partial charge in [0.2, 0.25) is 0 Å². The second-order valence-electron chi connectivity index (χ2n) is 8.46. The van der Waals surface area contributed by atoms with Crippen molar-refractivity contribution in [2.75, 3.05) is 45.3 Å². The molecule has 8 heteroatoms. The fourth-order valence-corrected chi connectivity index (χ4v) is 4.69. The number of ether oxygens (including phenoxy) is 2. The van der Waals surface area contributed by atoms with Gasteiger partial charge in [0.15, 0.2) is 0 Å². The number of nitrogens with zero attached hydrogens (tertiary/aromatic N) is 4. The first kappa shape index (κ1) is 23.8. The topological polar surface area (TPSA) is 59.8 Å². The fourth-order valence-electron chi connectivity index (χ4n) is 4.46. The Balaban J connectivity index is 1.44. The molecule has 2 heterocycles. The molecule has 3 aromatic carbocycles. The van der Waals surface area contributed by atoms with Crippen LogP contribution in [0.4, 0.5) is 5.69 Å². The zero-order valence-corrected chi connectivity index (χ0v) is 21.0. The van der Waals surface area contributed by atoms with Gasteiger partial charge in [0, 0.05) is 31.7 Å². The van der Waals surface area contributed by atoms with Gasteiger partial charge in [0.1, 0.15) is 17.2 Å². The molecule has 0 radical (unpaired) electrons. The van der Waals surface area contributed by atoms with Crippen LogP contribution in [0.3, 0.4) is 0 Å². The smallest absolute Gasteiger partial charge is 0.272 e. The number of carbonyl (C=O) groups is 1. The highest BCUT2D eigenvalue weighted by Crippen LogP contribution is 2.31.